The predicted molar refractivity (Wildman–Crippen MR) is 136 cm³/mol. The molecular formula is C29H30F6O2Zr. The summed E-state index contributed by atoms with van der Waals surface area (Å²) in [5.41, 5.74) is 3.75. The van der Waals surface area contributed by atoms with Crippen LogP contribution in [0.15, 0.2) is 84.9 Å². The van der Waals surface area contributed by atoms with Crippen LogP contribution < -0.4 is 0 Å². The molecule has 0 amide bonds. The minimum absolute atomic E-state index is 0.736. The van der Waals surface area contributed by atoms with Crippen molar-refractivity contribution in [2.45, 2.75) is 40.0 Å². The van der Waals surface area contributed by atoms with Crippen molar-refractivity contribution < 1.29 is 60.8 Å². The van der Waals surface area contributed by atoms with E-state index in [0.29, 0.717) is 0 Å². The molecule has 0 saturated heterocycles. The van der Waals surface area contributed by atoms with Gasteiger partial charge in [-0.2, -0.15) is 72.9 Å². The third-order valence-corrected chi connectivity index (χ3v) is 5.15. The van der Waals surface area contributed by atoms with Gasteiger partial charge >= 0.3 is 40.8 Å². The average Bonchev–Trinajstić information content (AvgIpc) is 3.50. The number of aromatic hydroxyl groups is 2. The Morgan fingerprint density at radius 3 is 1.24 bits per heavy atom. The Bertz CT molecular complexity index is 1100. The van der Waals surface area contributed by atoms with Crippen LogP contribution in [0.25, 0.3) is 0 Å². The Morgan fingerprint density at radius 2 is 1.08 bits per heavy atom. The topological polar surface area (TPSA) is 40.5 Å². The van der Waals surface area contributed by atoms with Gasteiger partial charge in [0.1, 0.15) is 11.5 Å². The number of rotatable bonds is 0. The number of phenols is 2. The molecule has 0 spiro atoms. The van der Waals surface area contributed by atoms with Crippen molar-refractivity contribution in [1.82, 2.24) is 0 Å². The summed E-state index contributed by atoms with van der Waals surface area (Å²) in [6, 6.07) is 21.0. The smallest absolute Gasteiger partial charge is 0.172 e. The first-order valence-electron chi connectivity index (χ1n) is 11.1. The van der Waals surface area contributed by atoms with Crippen LogP contribution in [-0.4, -0.2) is 14.4 Å². The van der Waals surface area contributed by atoms with Crippen molar-refractivity contribution in [3.63, 3.8) is 0 Å². The van der Waals surface area contributed by atoms with Crippen molar-refractivity contribution in [3.8, 4) is 11.5 Å². The van der Waals surface area contributed by atoms with E-state index >= 15 is 0 Å². The maximum Gasteiger partial charge on any atom is -0.172 e. The molecule has 2 nitrogen and oxygen atoms in total. The third kappa shape index (κ3) is 12.5. The van der Waals surface area contributed by atoms with Crippen LogP contribution in [0.4, 0.5) is 26.3 Å². The van der Waals surface area contributed by atoms with Crippen LogP contribution in [0, 0.1) is 27.7 Å². The molecule has 0 heterocycles. The summed E-state index contributed by atoms with van der Waals surface area (Å²) in [7, 11) is 0. The molecule has 0 unspecified atom stereocenters. The fourth-order valence-corrected chi connectivity index (χ4v) is 2.88. The number of halogens is 6. The number of benzene rings is 2. The van der Waals surface area contributed by atoms with Gasteiger partial charge in [-0.05, 0) is 24.3 Å². The summed E-state index contributed by atoms with van der Waals surface area (Å²) in [6.07, 6.45) is -8.93. The zero-order valence-electron chi connectivity index (χ0n) is 21.5. The zero-order chi connectivity index (χ0) is 29.5. The Balaban J connectivity index is 0.000000483. The van der Waals surface area contributed by atoms with Gasteiger partial charge in [-0.1, -0.05) is 52.0 Å². The quantitative estimate of drug-likeness (QED) is 0.153. The molecule has 4 rings (SSSR count). The van der Waals surface area contributed by atoms with Gasteiger partial charge in [0.2, 0.25) is 0 Å². The van der Waals surface area contributed by atoms with Crippen LogP contribution in [-0.2, 0) is 36.6 Å². The van der Waals surface area contributed by atoms with Crippen LogP contribution in [0.1, 0.15) is 33.4 Å². The van der Waals surface area contributed by atoms with Crippen molar-refractivity contribution in [2.24, 2.45) is 0 Å². The Morgan fingerprint density at radius 1 is 0.711 bits per heavy atom. The Kier molecular flexibility index (Phi) is 15.5. The molecule has 4 aromatic rings. The summed E-state index contributed by atoms with van der Waals surface area (Å²) in [6.45, 7) is 8.68. The van der Waals surface area contributed by atoms with Gasteiger partial charge in [0, 0.05) is 0 Å². The van der Waals surface area contributed by atoms with Crippen molar-refractivity contribution >= 4 is 4.21 Å². The van der Waals surface area contributed by atoms with E-state index in [0.717, 1.165) is 24.3 Å². The number of alkyl halides is 6. The molecular weight excluding hydrogens is 586 g/mol. The standard InChI is InChI=1S/C9H13.2C7H5F3O.C5H5.CH2.Zr/c1-6-5-7(2)9(4)8(6)3;2*8-7(9,10)5-3-1-2-4-6(5)11;1-2-4-5-3-1;;/h5H,1-4H3;2*1-4,11H;1-5H;1H2;/q-1;;;-1;;+2. The second-order valence-corrected chi connectivity index (χ2v) is 7.75. The van der Waals surface area contributed by atoms with E-state index in [1.54, 1.807) is 0 Å². The Labute approximate surface area is 234 Å². The number of hydrogen-bond donors (Lipinski definition) is 2. The minimum atomic E-state index is -4.47. The molecule has 0 aliphatic heterocycles. The van der Waals surface area contributed by atoms with Gasteiger partial charge in [-0.3, -0.25) is 0 Å². The molecule has 0 radical (unpaired) electrons. The first-order chi connectivity index (χ1) is 17.7. The normalized spacial score (nSPS) is 10.3. The molecule has 0 aliphatic carbocycles. The van der Waals surface area contributed by atoms with E-state index in [4.69, 9.17) is 10.2 Å². The van der Waals surface area contributed by atoms with Gasteiger partial charge < -0.3 is 10.2 Å². The van der Waals surface area contributed by atoms with E-state index < -0.39 is 35.0 Å². The molecule has 204 valence electrons. The van der Waals surface area contributed by atoms with Crippen LogP contribution >= 0.6 is 0 Å². The molecule has 0 bridgehead atoms. The predicted octanol–water partition coefficient (Wildman–Crippen LogP) is 8.83. The van der Waals surface area contributed by atoms with Gasteiger partial charge in [0.05, 0.1) is 11.1 Å². The van der Waals surface area contributed by atoms with Gasteiger partial charge in [-0.25, -0.2) is 12.1 Å². The van der Waals surface area contributed by atoms with Crippen molar-refractivity contribution in [3.05, 3.63) is 118 Å². The number of hydrogen-bond acceptors (Lipinski definition) is 2. The number of para-hydroxylation sites is 2. The SMILES string of the molecule is Cc1c[c-](C)c(C)c1C.Oc1ccccc1C(F)(F)F.Oc1ccccc1C(F)(F)F.[CH2]=[Zr+2].c1cc[cH-]c1. The van der Waals surface area contributed by atoms with Crippen LogP contribution in [0.3, 0.4) is 0 Å². The molecule has 0 aliphatic rings. The zero-order valence-corrected chi connectivity index (χ0v) is 23.9. The first kappa shape index (κ1) is 35.1. The van der Waals surface area contributed by atoms with E-state index in [2.05, 4.69) is 38.0 Å². The molecule has 2 N–H and O–H groups in total. The third-order valence-electron chi connectivity index (χ3n) is 5.15. The summed E-state index contributed by atoms with van der Waals surface area (Å²) in [4.78, 5) is 0. The molecule has 4 aromatic carbocycles. The van der Waals surface area contributed by atoms with Gasteiger partial charge in [0.25, 0.3) is 0 Å². The number of phenolic OH excluding ortho intramolecular Hbond substituents is 2. The minimum Gasteiger partial charge on any atom is -0.214 e. The van der Waals surface area contributed by atoms with Crippen LogP contribution in [0.5, 0.6) is 11.5 Å². The summed E-state index contributed by atoms with van der Waals surface area (Å²) in [5, 5.41) is 17.5. The summed E-state index contributed by atoms with van der Waals surface area (Å²) < 4.78 is 74.7. The maximum absolute atomic E-state index is 11.9. The fourth-order valence-electron chi connectivity index (χ4n) is 2.88. The molecule has 0 atom stereocenters. The average molecular weight is 616 g/mol. The second-order valence-electron chi connectivity index (χ2n) is 7.75. The van der Waals surface area contributed by atoms with Crippen molar-refractivity contribution in [2.75, 3.05) is 0 Å². The largest absolute Gasteiger partial charge is 0.214 e. The van der Waals surface area contributed by atoms with Gasteiger partial charge in [0.15, 0.2) is 0 Å². The van der Waals surface area contributed by atoms with Gasteiger partial charge in [-0.15, -0.1) is 0 Å². The summed E-state index contributed by atoms with van der Waals surface area (Å²) >= 11 is 1.30. The summed E-state index contributed by atoms with van der Waals surface area (Å²) in [5.74, 6) is -1.47. The molecule has 0 saturated carbocycles. The van der Waals surface area contributed by atoms with E-state index in [9.17, 15) is 26.3 Å². The number of aryl methyl sites for hydroxylation is 2. The molecule has 0 fully saturated rings. The Hall–Kier alpha value is -2.93. The molecule has 0 aromatic heterocycles. The molecule has 38 heavy (non-hydrogen) atoms. The maximum atomic E-state index is 11.9. The second kappa shape index (κ2) is 16.8. The first-order valence-corrected chi connectivity index (χ1v) is 12.8. The molecule has 9 heteroatoms. The van der Waals surface area contributed by atoms with E-state index in [-0.39, 0.29) is 0 Å². The van der Waals surface area contributed by atoms with E-state index in [1.165, 1.54) is 70.8 Å². The van der Waals surface area contributed by atoms with E-state index in [1.807, 2.05) is 30.3 Å². The monoisotopic (exact) mass is 614 g/mol. The van der Waals surface area contributed by atoms with Crippen LogP contribution in [0.2, 0.25) is 0 Å². The fraction of sp³-hybridized carbons (Fsp3) is 0.207. The van der Waals surface area contributed by atoms with Crippen molar-refractivity contribution in [1.29, 1.82) is 0 Å².